The van der Waals surface area contributed by atoms with Gasteiger partial charge in [-0.2, -0.15) is 0 Å². The van der Waals surface area contributed by atoms with Gasteiger partial charge in [-0.25, -0.2) is 15.0 Å². The molecule has 1 aromatic heterocycles. The highest BCUT2D eigenvalue weighted by Gasteiger charge is 2.51. The van der Waals surface area contributed by atoms with Crippen LogP contribution in [0.1, 0.15) is 22.3 Å². The zero-order valence-corrected chi connectivity index (χ0v) is 36.4. The number of fused-ring (bicyclic) bond motifs is 14. The summed E-state index contributed by atoms with van der Waals surface area (Å²) >= 11 is 0. The van der Waals surface area contributed by atoms with Crippen LogP contribution in [0.25, 0.3) is 111 Å². The Morgan fingerprint density at radius 2 is 0.731 bits per heavy atom. The van der Waals surface area contributed by atoms with E-state index in [-0.39, 0.29) is 0 Å². The lowest BCUT2D eigenvalue weighted by Crippen LogP contribution is -2.25. The van der Waals surface area contributed by atoms with E-state index in [4.69, 9.17) is 15.0 Å². The molecule has 0 saturated carbocycles. The smallest absolute Gasteiger partial charge is 0.164 e. The molecule has 0 saturated heterocycles. The van der Waals surface area contributed by atoms with Crippen LogP contribution in [0, 0.1) is 0 Å². The SMILES string of the molecule is c1ccc(-c2cccc(-c3nc(-c4ccc(-c5c6ccccc6cc6c5ccc5ccccc56)cc4)nc(-c4ccc5c(c4)-c4ccccc4C54c5ccccc5-c5ccccc54)n3)c2)cc1. The van der Waals surface area contributed by atoms with Crippen LogP contribution in [0.3, 0.4) is 0 Å². The molecule has 3 heteroatoms. The van der Waals surface area contributed by atoms with Crippen molar-refractivity contribution >= 4 is 32.3 Å². The van der Waals surface area contributed by atoms with E-state index < -0.39 is 5.41 Å². The summed E-state index contributed by atoms with van der Waals surface area (Å²) in [6.07, 6.45) is 0. The first-order valence-electron chi connectivity index (χ1n) is 23.0. The van der Waals surface area contributed by atoms with E-state index in [1.54, 1.807) is 0 Å². The third-order valence-corrected chi connectivity index (χ3v) is 14.3. The minimum atomic E-state index is -0.421. The van der Waals surface area contributed by atoms with Crippen LogP contribution in [0.4, 0.5) is 0 Å². The molecule has 2 aliphatic carbocycles. The molecule has 0 unspecified atom stereocenters. The number of nitrogens with zero attached hydrogens (tertiary/aromatic N) is 3. The van der Waals surface area contributed by atoms with Gasteiger partial charge in [-0.1, -0.05) is 218 Å². The zero-order valence-electron chi connectivity index (χ0n) is 36.4. The Labute approximate surface area is 388 Å². The fourth-order valence-corrected chi connectivity index (χ4v) is 11.4. The lowest BCUT2D eigenvalue weighted by Gasteiger charge is -2.30. The number of aromatic nitrogens is 3. The fraction of sp³-hybridized carbons (Fsp3) is 0.0156. The summed E-state index contributed by atoms with van der Waals surface area (Å²) < 4.78 is 0. The lowest BCUT2D eigenvalue weighted by atomic mass is 9.70. The van der Waals surface area contributed by atoms with E-state index in [0.29, 0.717) is 17.5 Å². The lowest BCUT2D eigenvalue weighted by molar-refractivity contribution is 0.794. The molecule has 0 aliphatic heterocycles. The molecule has 0 radical (unpaired) electrons. The molecule has 0 amide bonds. The van der Waals surface area contributed by atoms with Crippen LogP contribution in [-0.2, 0) is 5.41 Å². The van der Waals surface area contributed by atoms with Gasteiger partial charge in [0.05, 0.1) is 5.41 Å². The summed E-state index contributed by atoms with van der Waals surface area (Å²) in [4.78, 5) is 15.9. The highest BCUT2D eigenvalue weighted by atomic mass is 15.0. The Balaban J connectivity index is 0.946. The van der Waals surface area contributed by atoms with Crippen molar-refractivity contribution in [3.05, 3.63) is 259 Å². The van der Waals surface area contributed by atoms with Crippen molar-refractivity contribution in [3.8, 4) is 78.7 Å². The Kier molecular flexibility index (Phi) is 8.20. The van der Waals surface area contributed by atoms with Gasteiger partial charge in [0.25, 0.3) is 0 Å². The second-order valence-electron chi connectivity index (χ2n) is 17.8. The normalized spacial score (nSPS) is 12.9. The summed E-state index contributed by atoms with van der Waals surface area (Å²) in [5.41, 5.74) is 17.3. The Hall–Kier alpha value is -8.79. The maximum absolute atomic E-state index is 5.34. The Morgan fingerprint density at radius 3 is 1.43 bits per heavy atom. The summed E-state index contributed by atoms with van der Waals surface area (Å²) in [6, 6.07) is 85.7. The predicted octanol–water partition coefficient (Wildman–Crippen LogP) is 16.0. The van der Waals surface area contributed by atoms with Crippen LogP contribution < -0.4 is 0 Å². The van der Waals surface area contributed by atoms with E-state index in [9.17, 15) is 0 Å². The predicted molar refractivity (Wildman–Crippen MR) is 276 cm³/mol. The first-order valence-corrected chi connectivity index (χ1v) is 23.0. The molecular formula is C64H39N3. The minimum absolute atomic E-state index is 0.421. The van der Waals surface area contributed by atoms with Crippen LogP contribution in [0.2, 0.25) is 0 Å². The number of hydrogen-bond donors (Lipinski definition) is 0. The van der Waals surface area contributed by atoms with Gasteiger partial charge in [0.15, 0.2) is 17.5 Å². The molecule has 11 aromatic carbocycles. The molecule has 1 spiro atoms. The van der Waals surface area contributed by atoms with E-state index in [1.807, 2.05) is 0 Å². The number of rotatable bonds is 5. The first kappa shape index (κ1) is 37.6. The third-order valence-electron chi connectivity index (χ3n) is 14.3. The quantitative estimate of drug-likeness (QED) is 0.128. The largest absolute Gasteiger partial charge is 0.208 e. The van der Waals surface area contributed by atoms with Crippen LogP contribution in [0.5, 0.6) is 0 Å². The Bertz CT molecular complexity index is 3940. The molecule has 0 N–H and O–H groups in total. The van der Waals surface area contributed by atoms with Crippen molar-refractivity contribution in [3.63, 3.8) is 0 Å². The minimum Gasteiger partial charge on any atom is -0.208 e. The van der Waals surface area contributed by atoms with E-state index in [2.05, 4.69) is 237 Å². The van der Waals surface area contributed by atoms with Crippen molar-refractivity contribution in [2.75, 3.05) is 0 Å². The summed E-state index contributed by atoms with van der Waals surface area (Å²) in [6.45, 7) is 0. The molecule has 12 aromatic rings. The molecule has 67 heavy (non-hydrogen) atoms. The average Bonchev–Trinajstić information content (AvgIpc) is 3.87. The Morgan fingerprint density at radius 1 is 0.239 bits per heavy atom. The number of hydrogen-bond acceptors (Lipinski definition) is 3. The van der Waals surface area contributed by atoms with Crippen molar-refractivity contribution < 1.29 is 0 Å². The molecule has 0 fully saturated rings. The van der Waals surface area contributed by atoms with Crippen LogP contribution >= 0.6 is 0 Å². The summed E-state index contributed by atoms with van der Waals surface area (Å²) in [7, 11) is 0. The van der Waals surface area contributed by atoms with Crippen molar-refractivity contribution in [2.24, 2.45) is 0 Å². The van der Waals surface area contributed by atoms with Gasteiger partial charge < -0.3 is 0 Å². The van der Waals surface area contributed by atoms with Crippen molar-refractivity contribution in [2.45, 2.75) is 5.41 Å². The van der Waals surface area contributed by atoms with Gasteiger partial charge in [-0.3, -0.25) is 0 Å². The second kappa shape index (κ2) is 14.6. The summed E-state index contributed by atoms with van der Waals surface area (Å²) in [5.74, 6) is 1.89. The molecule has 0 atom stereocenters. The van der Waals surface area contributed by atoms with Gasteiger partial charge in [-0.15, -0.1) is 0 Å². The monoisotopic (exact) mass is 849 g/mol. The molecule has 0 bridgehead atoms. The van der Waals surface area contributed by atoms with Crippen molar-refractivity contribution in [1.82, 2.24) is 15.0 Å². The van der Waals surface area contributed by atoms with Crippen molar-refractivity contribution in [1.29, 1.82) is 0 Å². The first-order chi connectivity index (χ1) is 33.2. The topological polar surface area (TPSA) is 38.7 Å². The van der Waals surface area contributed by atoms with E-state index in [1.165, 1.54) is 82.4 Å². The van der Waals surface area contributed by atoms with Gasteiger partial charge in [0.1, 0.15) is 0 Å². The molecule has 310 valence electrons. The second-order valence-corrected chi connectivity index (χ2v) is 17.8. The summed E-state index contributed by atoms with van der Waals surface area (Å²) in [5, 5.41) is 7.43. The highest BCUT2D eigenvalue weighted by molar-refractivity contribution is 6.20. The van der Waals surface area contributed by atoms with Crippen LogP contribution in [0.15, 0.2) is 237 Å². The van der Waals surface area contributed by atoms with Gasteiger partial charge in [0, 0.05) is 16.7 Å². The van der Waals surface area contributed by atoms with Gasteiger partial charge in [-0.05, 0) is 117 Å². The molecule has 14 rings (SSSR count). The maximum Gasteiger partial charge on any atom is 0.164 e. The molecule has 1 heterocycles. The number of benzene rings is 11. The molecule has 2 aliphatic rings. The maximum atomic E-state index is 5.34. The molecular weight excluding hydrogens is 811 g/mol. The molecule has 3 nitrogen and oxygen atoms in total. The van der Waals surface area contributed by atoms with Crippen LogP contribution in [-0.4, -0.2) is 15.0 Å². The average molecular weight is 850 g/mol. The standard InChI is InChI=1S/C64H39N3/c1-2-15-40(16-3-1)44-19-14-20-46(37-44)62-65-61(43-31-29-42(30-32-43)60-49-22-7-5-18-45(49)38-54-48-21-6-4-17-41(48)33-35-53(54)60)66-63(67-62)47-34-36-59-55(39-47)52-25-10-13-28-58(52)64(59)56-26-11-8-23-50(56)51-24-9-12-27-57(51)64/h1-39H. The van der Waals surface area contributed by atoms with Gasteiger partial charge >= 0.3 is 0 Å². The van der Waals surface area contributed by atoms with Gasteiger partial charge in [0.2, 0.25) is 0 Å². The fourth-order valence-electron chi connectivity index (χ4n) is 11.4. The zero-order chi connectivity index (χ0) is 44.1. The third kappa shape index (κ3) is 5.62. The van der Waals surface area contributed by atoms with E-state index in [0.717, 1.165) is 33.4 Å². The van der Waals surface area contributed by atoms with E-state index >= 15 is 0 Å². The highest BCUT2D eigenvalue weighted by Crippen LogP contribution is 2.63.